The maximum atomic E-state index is 13.8. The number of methoxy groups -OCH3 is 1. The van der Waals surface area contributed by atoms with Gasteiger partial charge in [-0.05, 0) is 42.7 Å². The second-order valence-electron chi connectivity index (χ2n) is 7.96. The first-order valence-corrected chi connectivity index (χ1v) is 13.0. The number of nitrogens with one attached hydrogen (secondary N) is 1. The van der Waals surface area contributed by atoms with Gasteiger partial charge in [0.1, 0.15) is 18.3 Å². The summed E-state index contributed by atoms with van der Waals surface area (Å²) in [5.74, 6) is -2.89. The molecule has 11 heteroatoms. The van der Waals surface area contributed by atoms with Gasteiger partial charge in [0, 0.05) is 19.2 Å². The van der Waals surface area contributed by atoms with Crippen molar-refractivity contribution in [2.75, 3.05) is 30.8 Å². The third-order valence-corrected chi connectivity index (χ3v) is 6.43. The largest absolute Gasteiger partial charge is 0.497 e. The van der Waals surface area contributed by atoms with Crippen molar-refractivity contribution in [3.63, 3.8) is 0 Å². The molecule has 0 saturated heterocycles. The molecule has 2 aromatic rings. The van der Waals surface area contributed by atoms with Crippen LogP contribution in [0, 0.1) is 11.6 Å². The maximum Gasteiger partial charge on any atom is 0.244 e. The molecular weight excluding hydrogens is 480 g/mol. The summed E-state index contributed by atoms with van der Waals surface area (Å²) in [6.07, 6.45) is 1.83. The predicted octanol–water partition coefficient (Wildman–Crippen LogP) is 3.07. The second-order valence-corrected chi connectivity index (χ2v) is 9.86. The van der Waals surface area contributed by atoms with Crippen molar-refractivity contribution in [3.8, 4) is 5.75 Å². The summed E-state index contributed by atoms with van der Waals surface area (Å²) in [6.45, 7) is 3.35. The van der Waals surface area contributed by atoms with E-state index in [2.05, 4.69) is 5.32 Å². The van der Waals surface area contributed by atoms with E-state index >= 15 is 0 Å². The van der Waals surface area contributed by atoms with Gasteiger partial charge in [-0.2, -0.15) is 0 Å². The maximum absolute atomic E-state index is 13.8. The number of anilines is 1. The third kappa shape index (κ3) is 7.64. The highest BCUT2D eigenvalue weighted by molar-refractivity contribution is 7.92. The molecule has 2 aromatic carbocycles. The van der Waals surface area contributed by atoms with Gasteiger partial charge in [-0.25, -0.2) is 17.2 Å². The molecule has 8 nitrogen and oxygen atoms in total. The van der Waals surface area contributed by atoms with Crippen LogP contribution in [-0.4, -0.2) is 57.6 Å². The van der Waals surface area contributed by atoms with Crippen LogP contribution in [0.5, 0.6) is 5.75 Å². The molecule has 1 unspecified atom stereocenters. The predicted molar refractivity (Wildman–Crippen MR) is 129 cm³/mol. The molecule has 2 amide bonds. The number of halogens is 2. The summed E-state index contributed by atoms with van der Waals surface area (Å²) in [4.78, 5) is 27.7. The van der Waals surface area contributed by atoms with Gasteiger partial charge in [-0.3, -0.25) is 13.9 Å². The first-order valence-electron chi connectivity index (χ1n) is 11.1. The van der Waals surface area contributed by atoms with Crippen LogP contribution in [-0.2, 0) is 26.2 Å². The number of ether oxygens (including phenoxy) is 1. The Bertz CT molecular complexity index is 1140. The lowest BCUT2D eigenvalue weighted by Gasteiger charge is -2.33. The molecule has 0 fully saturated rings. The van der Waals surface area contributed by atoms with Gasteiger partial charge >= 0.3 is 0 Å². The van der Waals surface area contributed by atoms with Crippen molar-refractivity contribution in [2.45, 2.75) is 39.3 Å². The van der Waals surface area contributed by atoms with E-state index in [1.807, 2.05) is 6.92 Å². The Morgan fingerprint density at radius 1 is 1.09 bits per heavy atom. The molecule has 0 spiro atoms. The van der Waals surface area contributed by atoms with E-state index in [0.29, 0.717) is 34.7 Å². The smallest absolute Gasteiger partial charge is 0.244 e. The van der Waals surface area contributed by atoms with Crippen molar-refractivity contribution in [1.82, 2.24) is 10.2 Å². The standard InChI is InChI=1S/C24H31F2N3O5S/c1-5-12-27-24(31)22(6-2)28(15-17-8-7-9-19(13-17)34-3)23(30)16-29(35(4,32)33)18-10-11-20(25)21(26)14-18/h7-11,13-14,22H,5-6,12,15-16H2,1-4H3,(H,27,31). The highest BCUT2D eigenvalue weighted by Crippen LogP contribution is 2.22. The molecule has 0 bridgehead atoms. The topological polar surface area (TPSA) is 96.0 Å². The third-order valence-electron chi connectivity index (χ3n) is 5.29. The van der Waals surface area contributed by atoms with E-state index in [4.69, 9.17) is 4.74 Å². The fourth-order valence-corrected chi connectivity index (χ4v) is 4.35. The van der Waals surface area contributed by atoms with E-state index in [1.165, 1.54) is 12.0 Å². The fourth-order valence-electron chi connectivity index (χ4n) is 3.51. The number of sulfonamides is 1. The van der Waals surface area contributed by atoms with Crippen molar-refractivity contribution in [1.29, 1.82) is 0 Å². The number of rotatable bonds is 12. The van der Waals surface area contributed by atoms with Crippen LogP contribution < -0.4 is 14.4 Å². The number of hydrogen-bond acceptors (Lipinski definition) is 5. The molecule has 0 aliphatic carbocycles. The molecule has 1 N–H and O–H groups in total. The lowest BCUT2D eigenvalue weighted by atomic mass is 10.1. The van der Waals surface area contributed by atoms with Crippen LogP contribution >= 0.6 is 0 Å². The molecular formula is C24H31F2N3O5S. The van der Waals surface area contributed by atoms with Crippen LogP contribution in [0.4, 0.5) is 14.5 Å². The first kappa shape index (κ1) is 28.0. The molecule has 0 aromatic heterocycles. The van der Waals surface area contributed by atoms with E-state index in [-0.39, 0.29) is 24.6 Å². The lowest BCUT2D eigenvalue weighted by molar-refractivity contribution is -0.140. The van der Waals surface area contributed by atoms with Crippen LogP contribution in [0.3, 0.4) is 0 Å². The van der Waals surface area contributed by atoms with Crippen LogP contribution in [0.1, 0.15) is 32.3 Å². The van der Waals surface area contributed by atoms with Crippen molar-refractivity contribution < 1.29 is 31.5 Å². The van der Waals surface area contributed by atoms with Crippen molar-refractivity contribution in [3.05, 3.63) is 59.7 Å². The Labute approximate surface area is 204 Å². The number of benzene rings is 2. The Morgan fingerprint density at radius 2 is 1.80 bits per heavy atom. The Morgan fingerprint density at radius 3 is 2.37 bits per heavy atom. The van der Waals surface area contributed by atoms with E-state index in [1.54, 1.807) is 31.2 Å². The minimum atomic E-state index is -4.05. The molecule has 2 rings (SSSR count). The fraction of sp³-hybridized carbons (Fsp3) is 0.417. The van der Waals surface area contributed by atoms with Crippen LogP contribution in [0.25, 0.3) is 0 Å². The molecule has 0 radical (unpaired) electrons. The molecule has 35 heavy (non-hydrogen) atoms. The van der Waals surface area contributed by atoms with Crippen molar-refractivity contribution in [2.24, 2.45) is 0 Å². The zero-order valence-corrected chi connectivity index (χ0v) is 21.1. The van der Waals surface area contributed by atoms with Gasteiger partial charge in [-0.1, -0.05) is 26.0 Å². The average molecular weight is 512 g/mol. The van der Waals surface area contributed by atoms with Gasteiger partial charge in [-0.15, -0.1) is 0 Å². The van der Waals surface area contributed by atoms with Gasteiger partial charge in [0.15, 0.2) is 11.6 Å². The SMILES string of the molecule is CCCNC(=O)C(CC)N(Cc1cccc(OC)c1)C(=O)CN(c1ccc(F)c(F)c1)S(C)(=O)=O. The summed E-state index contributed by atoms with van der Waals surface area (Å²) in [7, 11) is -2.55. The zero-order valence-electron chi connectivity index (χ0n) is 20.3. The van der Waals surface area contributed by atoms with E-state index in [9.17, 15) is 26.8 Å². The average Bonchev–Trinajstić information content (AvgIpc) is 2.82. The quantitative estimate of drug-likeness (QED) is 0.473. The molecule has 0 aliphatic rings. The molecule has 0 saturated carbocycles. The number of carbonyl (C=O) groups excluding carboxylic acids is 2. The minimum absolute atomic E-state index is 0.00344. The summed E-state index contributed by atoms with van der Waals surface area (Å²) >= 11 is 0. The first-order chi connectivity index (χ1) is 16.5. The number of nitrogens with zero attached hydrogens (tertiary/aromatic N) is 2. The number of hydrogen-bond donors (Lipinski definition) is 1. The highest BCUT2D eigenvalue weighted by Gasteiger charge is 2.32. The molecule has 192 valence electrons. The Balaban J connectivity index is 2.45. The number of carbonyl (C=O) groups is 2. The summed E-state index contributed by atoms with van der Waals surface area (Å²) < 4.78 is 58.2. The van der Waals surface area contributed by atoms with Crippen LogP contribution in [0.15, 0.2) is 42.5 Å². The van der Waals surface area contributed by atoms with Gasteiger partial charge in [0.25, 0.3) is 0 Å². The molecule has 0 heterocycles. The normalized spacial score (nSPS) is 12.1. The number of amides is 2. The lowest BCUT2D eigenvalue weighted by Crippen LogP contribution is -2.52. The zero-order chi connectivity index (χ0) is 26.2. The minimum Gasteiger partial charge on any atom is -0.497 e. The summed E-state index contributed by atoms with van der Waals surface area (Å²) in [5.41, 5.74) is 0.461. The van der Waals surface area contributed by atoms with Gasteiger partial charge in [0.2, 0.25) is 21.8 Å². The monoisotopic (exact) mass is 511 g/mol. The second kappa shape index (κ2) is 12.5. The summed E-state index contributed by atoms with van der Waals surface area (Å²) in [6, 6.07) is 8.62. The van der Waals surface area contributed by atoms with Crippen LogP contribution in [0.2, 0.25) is 0 Å². The Hall–Kier alpha value is -3.21. The van der Waals surface area contributed by atoms with Gasteiger partial charge in [0.05, 0.1) is 19.1 Å². The van der Waals surface area contributed by atoms with Gasteiger partial charge < -0.3 is 15.0 Å². The Kier molecular flexibility index (Phi) is 10.00. The highest BCUT2D eigenvalue weighted by atomic mass is 32.2. The van der Waals surface area contributed by atoms with E-state index in [0.717, 1.165) is 18.4 Å². The van der Waals surface area contributed by atoms with E-state index < -0.39 is 40.2 Å². The molecule has 0 aliphatic heterocycles. The molecule has 1 atom stereocenters. The van der Waals surface area contributed by atoms with Crippen molar-refractivity contribution >= 4 is 27.5 Å². The summed E-state index contributed by atoms with van der Waals surface area (Å²) in [5, 5.41) is 2.78.